The average Bonchev–Trinajstić information content (AvgIpc) is 2.47. The van der Waals surface area contributed by atoms with Gasteiger partial charge < -0.3 is 5.32 Å². The van der Waals surface area contributed by atoms with Crippen molar-refractivity contribution in [1.29, 1.82) is 0 Å². The lowest BCUT2D eigenvalue weighted by Gasteiger charge is -2.27. The lowest BCUT2D eigenvalue weighted by molar-refractivity contribution is -0.384. The first-order chi connectivity index (χ1) is 9.25. The fraction of sp³-hybridized carbons (Fsp3) is 0.200. The lowest BCUT2D eigenvalue weighted by Crippen LogP contribution is -2.30. The Labute approximate surface area is 111 Å². The Morgan fingerprint density at radius 3 is 2.58 bits per heavy atom. The van der Waals surface area contributed by atoms with E-state index in [4.69, 9.17) is 0 Å². The van der Waals surface area contributed by atoms with Crippen molar-refractivity contribution >= 4 is 5.69 Å². The molecule has 0 aliphatic carbocycles. The van der Waals surface area contributed by atoms with Gasteiger partial charge in [-0.3, -0.25) is 10.1 Å². The molecule has 0 aromatic heterocycles. The average molecular weight is 254 g/mol. The third-order valence-electron chi connectivity index (χ3n) is 3.55. The van der Waals surface area contributed by atoms with Crippen LogP contribution in [0.3, 0.4) is 0 Å². The smallest absolute Gasteiger partial charge is 0.269 e. The summed E-state index contributed by atoms with van der Waals surface area (Å²) < 4.78 is 0. The Morgan fingerprint density at radius 1 is 1.11 bits per heavy atom. The topological polar surface area (TPSA) is 55.2 Å². The van der Waals surface area contributed by atoms with Crippen LogP contribution in [0.2, 0.25) is 0 Å². The van der Waals surface area contributed by atoms with Gasteiger partial charge in [-0.15, -0.1) is 0 Å². The van der Waals surface area contributed by atoms with Crippen molar-refractivity contribution in [3.63, 3.8) is 0 Å². The first kappa shape index (κ1) is 11.9. The van der Waals surface area contributed by atoms with Gasteiger partial charge in [0.15, 0.2) is 0 Å². The molecule has 0 bridgehead atoms. The van der Waals surface area contributed by atoms with Crippen molar-refractivity contribution < 1.29 is 4.92 Å². The monoisotopic (exact) mass is 254 g/mol. The standard InChI is InChI=1S/C15H14N2O2/c18-17(19)13-7-5-12(6-8-13)15-14-4-2-1-3-11(14)9-10-16-15/h1-8,15-16H,9-10H2. The molecule has 4 nitrogen and oxygen atoms in total. The number of nitrogens with one attached hydrogen (secondary N) is 1. The maximum absolute atomic E-state index is 10.7. The number of nitrogens with zero attached hydrogens (tertiary/aromatic N) is 1. The summed E-state index contributed by atoms with van der Waals surface area (Å²) in [6, 6.07) is 15.3. The minimum absolute atomic E-state index is 0.130. The summed E-state index contributed by atoms with van der Waals surface area (Å²) in [4.78, 5) is 10.3. The van der Waals surface area contributed by atoms with Crippen molar-refractivity contribution in [2.75, 3.05) is 6.54 Å². The van der Waals surface area contributed by atoms with Gasteiger partial charge in [-0.05, 0) is 23.1 Å². The molecular formula is C15H14N2O2. The lowest BCUT2D eigenvalue weighted by atomic mass is 9.90. The highest BCUT2D eigenvalue weighted by atomic mass is 16.6. The van der Waals surface area contributed by atoms with Crippen LogP contribution in [0.15, 0.2) is 48.5 Å². The van der Waals surface area contributed by atoms with Crippen molar-refractivity contribution in [2.45, 2.75) is 12.5 Å². The highest BCUT2D eigenvalue weighted by molar-refractivity contribution is 5.42. The third kappa shape index (κ3) is 2.22. The van der Waals surface area contributed by atoms with E-state index in [1.165, 1.54) is 11.1 Å². The first-order valence-electron chi connectivity index (χ1n) is 6.31. The molecule has 1 unspecified atom stereocenters. The Bertz CT molecular complexity index is 608. The number of nitro groups is 1. The van der Waals surface area contributed by atoms with Crippen molar-refractivity contribution in [1.82, 2.24) is 5.32 Å². The predicted molar refractivity (Wildman–Crippen MR) is 73.1 cm³/mol. The molecule has 0 fully saturated rings. The zero-order valence-corrected chi connectivity index (χ0v) is 10.4. The Hall–Kier alpha value is -2.20. The van der Waals surface area contributed by atoms with Crippen LogP contribution in [0.1, 0.15) is 22.7 Å². The van der Waals surface area contributed by atoms with E-state index in [0.717, 1.165) is 18.5 Å². The van der Waals surface area contributed by atoms with Gasteiger partial charge in [-0.25, -0.2) is 0 Å². The SMILES string of the molecule is O=[N+]([O-])c1ccc(C2NCCc3ccccc32)cc1. The summed E-state index contributed by atoms with van der Waals surface area (Å²) in [6.45, 7) is 0.929. The minimum atomic E-state index is -0.369. The van der Waals surface area contributed by atoms with E-state index >= 15 is 0 Å². The number of benzene rings is 2. The summed E-state index contributed by atoms with van der Waals surface area (Å²) in [7, 11) is 0. The summed E-state index contributed by atoms with van der Waals surface area (Å²) in [5.41, 5.74) is 3.82. The van der Waals surface area contributed by atoms with E-state index in [0.29, 0.717) is 0 Å². The molecule has 1 heterocycles. The van der Waals surface area contributed by atoms with Gasteiger partial charge in [0, 0.05) is 18.7 Å². The van der Waals surface area contributed by atoms with Crippen LogP contribution in [0.25, 0.3) is 0 Å². The van der Waals surface area contributed by atoms with Gasteiger partial charge in [-0.1, -0.05) is 36.4 Å². The van der Waals surface area contributed by atoms with Crippen LogP contribution in [-0.4, -0.2) is 11.5 Å². The Balaban J connectivity index is 1.97. The molecule has 19 heavy (non-hydrogen) atoms. The normalized spacial score (nSPS) is 17.8. The molecule has 1 N–H and O–H groups in total. The molecule has 1 atom stereocenters. The van der Waals surface area contributed by atoms with E-state index in [9.17, 15) is 10.1 Å². The van der Waals surface area contributed by atoms with Crippen molar-refractivity contribution in [3.8, 4) is 0 Å². The molecule has 1 aliphatic heterocycles. The van der Waals surface area contributed by atoms with E-state index in [1.807, 2.05) is 18.2 Å². The van der Waals surface area contributed by atoms with Gasteiger partial charge in [0.25, 0.3) is 5.69 Å². The largest absolute Gasteiger partial charge is 0.306 e. The van der Waals surface area contributed by atoms with Gasteiger partial charge in [0.2, 0.25) is 0 Å². The number of hydrogen-bond donors (Lipinski definition) is 1. The molecule has 2 aromatic carbocycles. The van der Waals surface area contributed by atoms with Crippen molar-refractivity contribution in [2.24, 2.45) is 0 Å². The van der Waals surface area contributed by atoms with Crippen LogP contribution < -0.4 is 5.32 Å². The maximum Gasteiger partial charge on any atom is 0.269 e. The summed E-state index contributed by atoms with van der Waals surface area (Å²) >= 11 is 0. The second kappa shape index (κ2) is 4.82. The second-order valence-electron chi connectivity index (χ2n) is 4.68. The zero-order valence-electron chi connectivity index (χ0n) is 10.4. The molecule has 0 spiro atoms. The van der Waals surface area contributed by atoms with Crippen LogP contribution in [0.5, 0.6) is 0 Å². The fourth-order valence-electron chi connectivity index (χ4n) is 2.59. The van der Waals surface area contributed by atoms with Gasteiger partial charge in [0.1, 0.15) is 0 Å². The molecule has 3 rings (SSSR count). The molecule has 0 amide bonds. The number of rotatable bonds is 2. The molecule has 0 saturated carbocycles. The quantitative estimate of drug-likeness (QED) is 0.662. The van der Waals surface area contributed by atoms with E-state index in [-0.39, 0.29) is 16.7 Å². The first-order valence-corrected chi connectivity index (χ1v) is 6.31. The predicted octanol–water partition coefficient (Wildman–Crippen LogP) is 2.83. The molecule has 4 heteroatoms. The van der Waals surface area contributed by atoms with Crippen LogP contribution >= 0.6 is 0 Å². The van der Waals surface area contributed by atoms with Crippen molar-refractivity contribution in [3.05, 3.63) is 75.3 Å². The van der Waals surface area contributed by atoms with Crippen LogP contribution in [0, 0.1) is 10.1 Å². The number of nitro benzene ring substituents is 1. The Kier molecular flexibility index (Phi) is 3.01. The van der Waals surface area contributed by atoms with Gasteiger partial charge in [0.05, 0.1) is 11.0 Å². The summed E-state index contributed by atoms with van der Waals surface area (Å²) in [6.07, 6.45) is 1.03. The molecule has 2 aromatic rings. The maximum atomic E-state index is 10.7. The van der Waals surface area contributed by atoms with Gasteiger partial charge >= 0.3 is 0 Å². The van der Waals surface area contributed by atoms with Gasteiger partial charge in [-0.2, -0.15) is 0 Å². The highest BCUT2D eigenvalue weighted by Gasteiger charge is 2.21. The van der Waals surface area contributed by atoms with Crippen LogP contribution in [0.4, 0.5) is 5.69 Å². The second-order valence-corrected chi connectivity index (χ2v) is 4.68. The van der Waals surface area contributed by atoms with Crippen LogP contribution in [-0.2, 0) is 6.42 Å². The third-order valence-corrected chi connectivity index (χ3v) is 3.55. The molecule has 96 valence electrons. The highest BCUT2D eigenvalue weighted by Crippen LogP contribution is 2.29. The number of fused-ring (bicyclic) bond motifs is 1. The minimum Gasteiger partial charge on any atom is -0.306 e. The summed E-state index contributed by atoms with van der Waals surface area (Å²) in [5, 5.41) is 14.1. The summed E-state index contributed by atoms with van der Waals surface area (Å²) in [5.74, 6) is 0. The Morgan fingerprint density at radius 2 is 1.84 bits per heavy atom. The zero-order chi connectivity index (χ0) is 13.2. The fourth-order valence-corrected chi connectivity index (χ4v) is 2.59. The van der Waals surface area contributed by atoms with E-state index in [1.54, 1.807) is 12.1 Å². The number of hydrogen-bond acceptors (Lipinski definition) is 3. The molecular weight excluding hydrogens is 240 g/mol. The van der Waals surface area contributed by atoms with E-state index in [2.05, 4.69) is 23.5 Å². The number of non-ortho nitro benzene ring substituents is 1. The van der Waals surface area contributed by atoms with E-state index < -0.39 is 0 Å². The molecule has 1 aliphatic rings. The molecule has 0 radical (unpaired) electrons. The molecule has 0 saturated heterocycles.